The highest BCUT2D eigenvalue weighted by atomic mass is 16.5. The van der Waals surface area contributed by atoms with Crippen molar-refractivity contribution in [2.24, 2.45) is 0 Å². The molecule has 24 heavy (non-hydrogen) atoms. The molecule has 1 heterocycles. The van der Waals surface area contributed by atoms with Crippen LogP contribution in [0.1, 0.15) is 26.2 Å². The molecule has 1 fully saturated rings. The summed E-state index contributed by atoms with van der Waals surface area (Å²) in [5.41, 5.74) is 2.02. The number of nitrogens with one attached hydrogen (secondary N) is 1. The van der Waals surface area contributed by atoms with E-state index in [1.165, 1.54) is 18.5 Å². The van der Waals surface area contributed by atoms with E-state index in [0.29, 0.717) is 12.2 Å². The molecule has 126 valence electrons. The number of benzene rings is 2. The average Bonchev–Trinajstić information content (AvgIpc) is 3.16. The van der Waals surface area contributed by atoms with Gasteiger partial charge in [-0.1, -0.05) is 25.1 Å². The molecule has 1 atom stereocenters. The van der Waals surface area contributed by atoms with Crippen LogP contribution in [-0.2, 0) is 4.79 Å². The van der Waals surface area contributed by atoms with E-state index >= 15 is 0 Å². The van der Waals surface area contributed by atoms with E-state index in [1.54, 1.807) is 0 Å². The van der Waals surface area contributed by atoms with Crippen molar-refractivity contribution in [1.29, 1.82) is 0 Å². The van der Waals surface area contributed by atoms with Gasteiger partial charge in [-0.2, -0.15) is 0 Å². The Morgan fingerprint density at radius 1 is 1.08 bits per heavy atom. The molecule has 3 rings (SSSR count). The van der Waals surface area contributed by atoms with Crippen LogP contribution in [0.2, 0.25) is 0 Å². The number of para-hydroxylation sites is 1. The summed E-state index contributed by atoms with van der Waals surface area (Å²) in [4.78, 5) is 14.8. The van der Waals surface area contributed by atoms with Crippen LogP contribution < -0.4 is 15.0 Å². The molecular weight excluding hydrogens is 300 g/mol. The van der Waals surface area contributed by atoms with Crippen LogP contribution in [0.15, 0.2) is 54.6 Å². The monoisotopic (exact) mass is 324 g/mol. The molecule has 0 unspecified atom stereocenters. The van der Waals surface area contributed by atoms with E-state index in [1.807, 2.05) is 49.4 Å². The van der Waals surface area contributed by atoms with E-state index in [9.17, 15) is 4.79 Å². The van der Waals surface area contributed by atoms with Gasteiger partial charge in [0.05, 0.1) is 0 Å². The van der Waals surface area contributed by atoms with E-state index in [4.69, 9.17) is 4.74 Å². The molecule has 0 radical (unpaired) electrons. The molecule has 1 aliphatic rings. The standard InChI is InChI=1S/C20H24N2O2/c1-2-19(24-18-8-4-3-5-9-18)20(23)21-16-10-12-17(13-11-16)22-14-6-7-15-22/h3-5,8-13,19H,2,6-7,14-15H2,1H3,(H,21,23)/t19-/m1/s1. The summed E-state index contributed by atoms with van der Waals surface area (Å²) in [5.74, 6) is 0.596. The molecule has 0 saturated carbocycles. The van der Waals surface area contributed by atoms with Crippen molar-refractivity contribution in [1.82, 2.24) is 0 Å². The highest BCUT2D eigenvalue weighted by Gasteiger charge is 2.19. The van der Waals surface area contributed by atoms with Crippen molar-refractivity contribution in [3.63, 3.8) is 0 Å². The number of amides is 1. The Morgan fingerprint density at radius 3 is 2.38 bits per heavy atom. The molecule has 0 bridgehead atoms. The summed E-state index contributed by atoms with van der Waals surface area (Å²) in [5, 5.41) is 2.95. The first-order valence-corrected chi connectivity index (χ1v) is 8.64. The molecule has 1 aliphatic heterocycles. The van der Waals surface area contributed by atoms with Crippen molar-refractivity contribution >= 4 is 17.3 Å². The normalized spacial score (nSPS) is 15.1. The first-order chi connectivity index (χ1) is 11.8. The number of anilines is 2. The van der Waals surface area contributed by atoms with Crippen LogP contribution in [0.5, 0.6) is 5.75 Å². The van der Waals surface area contributed by atoms with Gasteiger partial charge in [-0.3, -0.25) is 4.79 Å². The second kappa shape index (κ2) is 7.86. The first kappa shape index (κ1) is 16.4. The topological polar surface area (TPSA) is 41.6 Å². The molecule has 1 saturated heterocycles. The molecule has 2 aromatic carbocycles. The van der Waals surface area contributed by atoms with Gasteiger partial charge in [-0.05, 0) is 55.7 Å². The molecule has 1 amide bonds. The zero-order chi connectivity index (χ0) is 16.8. The second-order valence-electron chi connectivity index (χ2n) is 6.06. The van der Waals surface area contributed by atoms with Gasteiger partial charge in [-0.25, -0.2) is 0 Å². The van der Waals surface area contributed by atoms with Gasteiger partial charge in [0.15, 0.2) is 6.10 Å². The van der Waals surface area contributed by atoms with Gasteiger partial charge in [0.2, 0.25) is 0 Å². The molecule has 4 heteroatoms. The molecule has 2 aromatic rings. The fraction of sp³-hybridized carbons (Fsp3) is 0.350. The summed E-state index contributed by atoms with van der Waals surface area (Å²) in [6, 6.07) is 17.5. The molecule has 0 aromatic heterocycles. The average molecular weight is 324 g/mol. The quantitative estimate of drug-likeness (QED) is 0.870. The molecule has 4 nitrogen and oxygen atoms in total. The van der Waals surface area contributed by atoms with E-state index in [0.717, 1.165) is 18.8 Å². The maximum Gasteiger partial charge on any atom is 0.265 e. The van der Waals surface area contributed by atoms with Gasteiger partial charge in [0, 0.05) is 24.5 Å². The molecule has 0 aliphatic carbocycles. The Morgan fingerprint density at radius 2 is 1.75 bits per heavy atom. The minimum absolute atomic E-state index is 0.115. The minimum atomic E-state index is -0.495. The Labute approximate surface area is 143 Å². The Hall–Kier alpha value is -2.49. The van der Waals surface area contributed by atoms with Crippen LogP contribution >= 0.6 is 0 Å². The lowest BCUT2D eigenvalue weighted by molar-refractivity contribution is -0.122. The number of hydrogen-bond donors (Lipinski definition) is 1. The summed E-state index contributed by atoms with van der Waals surface area (Å²) in [7, 11) is 0. The molecular formula is C20H24N2O2. The van der Waals surface area contributed by atoms with Crippen LogP contribution in [0.25, 0.3) is 0 Å². The van der Waals surface area contributed by atoms with Gasteiger partial charge in [0.1, 0.15) is 5.75 Å². The zero-order valence-electron chi connectivity index (χ0n) is 14.1. The van der Waals surface area contributed by atoms with Crippen molar-refractivity contribution in [3.05, 3.63) is 54.6 Å². The predicted octanol–water partition coefficient (Wildman–Crippen LogP) is 4.08. The minimum Gasteiger partial charge on any atom is -0.481 e. The maximum absolute atomic E-state index is 12.4. The van der Waals surface area contributed by atoms with E-state index < -0.39 is 6.10 Å². The second-order valence-corrected chi connectivity index (χ2v) is 6.06. The maximum atomic E-state index is 12.4. The van der Waals surface area contributed by atoms with Crippen molar-refractivity contribution < 1.29 is 9.53 Å². The van der Waals surface area contributed by atoms with Gasteiger partial charge < -0.3 is 15.0 Å². The predicted molar refractivity (Wildman–Crippen MR) is 97.7 cm³/mol. The van der Waals surface area contributed by atoms with Crippen LogP contribution in [0.4, 0.5) is 11.4 Å². The largest absolute Gasteiger partial charge is 0.481 e. The van der Waals surface area contributed by atoms with Gasteiger partial charge in [0.25, 0.3) is 5.91 Å². The summed E-state index contributed by atoms with van der Waals surface area (Å²) in [6.45, 7) is 4.19. The van der Waals surface area contributed by atoms with Crippen LogP contribution in [-0.4, -0.2) is 25.1 Å². The van der Waals surface area contributed by atoms with Gasteiger partial charge >= 0.3 is 0 Å². The first-order valence-electron chi connectivity index (χ1n) is 8.64. The number of carbonyl (C=O) groups is 1. The number of carbonyl (C=O) groups excluding carboxylic acids is 1. The highest BCUT2D eigenvalue weighted by molar-refractivity contribution is 5.94. The lowest BCUT2D eigenvalue weighted by Gasteiger charge is -2.19. The molecule has 1 N–H and O–H groups in total. The summed E-state index contributed by atoms with van der Waals surface area (Å²) >= 11 is 0. The number of ether oxygens (including phenoxy) is 1. The lowest BCUT2D eigenvalue weighted by Crippen LogP contribution is -2.32. The van der Waals surface area contributed by atoms with Crippen molar-refractivity contribution in [3.8, 4) is 5.75 Å². The number of hydrogen-bond acceptors (Lipinski definition) is 3. The lowest BCUT2D eigenvalue weighted by atomic mass is 10.2. The van der Waals surface area contributed by atoms with Crippen molar-refractivity contribution in [2.45, 2.75) is 32.3 Å². The van der Waals surface area contributed by atoms with E-state index in [2.05, 4.69) is 22.3 Å². The highest BCUT2D eigenvalue weighted by Crippen LogP contribution is 2.22. The van der Waals surface area contributed by atoms with E-state index in [-0.39, 0.29) is 5.91 Å². The van der Waals surface area contributed by atoms with Crippen LogP contribution in [0.3, 0.4) is 0 Å². The SMILES string of the molecule is CC[C@@H](Oc1ccccc1)C(=O)Nc1ccc(N2CCCC2)cc1. The smallest absolute Gasteiger partial charge is 0.265 e. The van der Waals surface area contributed by atoms with Gasteiger partial charge in [-0.15, -0.1) is 0 Å². The number of rotatable bonds is 6. The fourth-order valence-corrected chi connectivity index (χ4v) is 2.94. The summed E-state index contributed by atoms with van der Waals surface area (Å²) in [6.07, 6.45) is 2.64. The zero-order valence-corrected chi connectivity index (χ0v) is 14.1. The van der Waals surface area contributed by atoms with Crippen molar-refractivity contribution in [2.75, 3.05) is 23.3 Å². The number of nitrogens with zero attached hydrogens (tertiary/aromatic N) is 1. The van der Waals surface area contributed by atoms with Crippen LogP contribution in [0, 0.1) is 0 Å². The fourth-order valence-electron chi connectivity index (χ4n) is 2.94. The Bertz CT molecular complexity index is 649. The summed E-state index contributed by atoms with van der Waals surface area (Å²) < 4.78 is 5.78. The third-order valence-electron chi connectivity index (χ3n) is 4.29. The third kappa shape index (κ3) is 4.07. The third-order valence-corrected chi connectivity index (χ3v) is 4.29. The molecule has 0 spiro atoms. The Kier molecular flexibility index (Phi) is 5.36. The Balaban J connectivity index is 1.60.